The first kappa shape index (κ1) is 29.7. The van der Waals surface area contributed by atoms with E-state index in [0.717, 1.165) is 28.1 Å². The van der Waals surface area contributed by atoms with Gasteiger partial charge in [-0.05, 0) is 33.3 Å². The van der Waals surface area contributed by atoms with Gasteiger partial charge in [0.15, 0.2) is 0 Å². The Morgan fingerprint density at radius 1 is 0.644 bits per heavy atom. The van der Waals surface area contributed by atoms with Gasteiger partial charge in [-0.3, -0.25) is 0 Å². The molecule has 4 aromatic carbocycles. The molecule has 0 unspecified atom stereocenters. The minimum Gasteiger partial charge on any atom is -0.305 e. The van der Waals surface area contributed by atoms with Crippen LogP contribution in [0.3, 0.4) is 0 Å². The van der Waals surface area contributed by atoms with E-state index in [2.05, 4.69) is 122 Å². The molecule has 0 N–H and O–H groups in total. The normalized spacial score (nSPS) is 12.4. The van der Waals surface area contributed by atoms with Crippen molar-refractivity contribution in [1.82, 2.24) is 9.97 Å². The molecule has 6 aromatic rings. The molecule has 6 rings (SSSR count). The number of aryl methyl sites for hydroxylation is 1. The molecule has 2 aromatic heterocycles. The van der Waals surface area contributed by atoms with Gasteiger partial charge in [0.25, 0.3) is 0 Å². The molecule has 0 atom stereocenters. The van der Waals surface area contributed by atoms with E-state index in [1.54, 1.807) is 12.1 Å². The molecule has 45 heavy (non-hydrogen) atoms. The van der Waals surface area contributed by atoms with Gasteiger partial charge in [-0.25, -0.2) is 0 Å². The Hall–Kier alpha value is -3.95. The summed E-state index contributed by atoms with van der Waals surface area (Å²) in [6, 6.07) is 46.6. The summed E-state index contributed by atoms with van der Waals surface area (Å²) in [4.78, 5) is 9.21. The van der Waals surface area contributed by atoms with Gasteiger partial charge in [0, 0.05) is 42.0 Å². The second-order valence-electron chi connectivity index (χ2n) is 12.5. The molecule has 0 saturated heterocycles. The van der Waals surface area contributed by atoms with Crippen molar-refractivity contribution >= 4 is 13.3 Å². The SMILES string of the molecule is C[Si](C)(C)c1ccc(-c2[c-]ccc(-c3ccccc3)c2)nc1.[2H]C([2H])([2H])c1c[c-]c(-c2ccc(C(C)(C)c3ccccc3)cn2)cc1.[Ir]. The van der Waals surface area contributed by atoms with E-state index in [9.17, 15) is 0 Å². The van der Waals surface area contributed by atoms with E-state index in [1.165, 1.54) is 27.9 Å². The Kier molecular flexibility index (Phi) is 9.84. The maximum atomic E-state index is 7.42. The van der Waals surface area contributed by atoms with Crippen molar-refractivity contribution in [1.29, 1.82) is 0 Å². The summed E-state index contributed by atoms with van der Waals surface area (Å²) in [5.74, 6) is 0. The minimum atomic E-state index is -2.11. The van der Waals surface area contributed by atoms with Gasteiger partial charge < -0.3 is 9.97 Å². The first-order chi connectivity index (χ1) is 22.3. The van der Waals surface area contributed by atoms with Crippen molar-refractivity contribution in [3.05, 3.63) is 163 Å². The van der Waals surface area contributed by atoms with Gasteiger partial charge >= 0.3 is 0 Å². The van der Waals surface area contributed by atoms with E-state index in [0.29, 0.717) is 0 Å². The first-order valence-electron chi connectivity index (χ1n) is 16.4. The summed E-state index contributed by atoms with van der Waals surface area (Å²) in [5, 5.41) is 1.38. The summed E-state index contributed by atoms with van der Waals surface area (Å²) in [6.45, 7) is 9.27. The molecule has 0 saturated carbocycles. The van der Waals surface area contributed by atoms with Gasteiger partial charge in [0.1, 0.15) is 0 Å². The topological polar surface area (TPSA) is 25.8 Å². The largest absolute Gasteiger partial charge is 0.305 e. The third-order valence-electron chi connectivity index (χ3n) is 7.88. The zero-order valence-corrected chi connectivity index (χ0v) is 29.8. The molecule has 0 fully saturated rings. The summed E-state index contributed by atoms with van der Waals surface area (Å²) in [6.07, 6.45) is 3.92. The van der Waals surface area contributed by atoms with E-state index in [1.807, 2.05) is 48.8 Å². The van der Waals surface area contributed by atoms with Crippen molar-refractivity contribution in [2.45, 2.75) is 45.8 Å². The van der Waals surface area contributed by atoms with Crippen molar-refractivity contribution in [3.8, 4) is 33.6 Å². The monoisotopic (exact) mass is 784 g/mol. The number of benzene rings is 4. The van der Waals surface area contributed by atoms with Crippen LogP contribution in [0, 0.1) is 19.0 Å². The summed E-state index contributed by atoms with van der Waals surface area (Å²) in [7, 11) is -1.29. The van der Waals surface area contributed by atoms with E-state index >= 15 is 0 Å². The minimum absolute atomic E-state index is 0. The molecule has 0 aliphatic carbocycles. The zero-order valence-electron chi connectivity index (χ0n) is 29.4. The van der Waals surface area contributed by atoms with Gasteiger partial charge in [-0.2, -0.15) is 0 Å². The second kappa shape index (κ2) is 14.9. The Morgan fingerprint density at radius 2 is 1.31 bits per heavy atom. The molecule has 0 aliphatic rings. The smallest absolute Gasteiger partial charge is 0.0795 e. The number of aromatic nitrogens is 2. The molecule has 2 heterocycles. The number of nitrogens with zero attached hydrogens (tertiary/aromatic N) is 2. The molecule has 229 valence electrons. The molecular weight excluding hydrogens is 741 g/mol. The predicted octanol–water partition coefficient (Wildman–Crippen LogP) is 9.94. The molecule has 0 spiro atoms. The number of hydrogen-bond donors (Lipinski definition) is 0. The Balaban J connectivity index is 0.000000214. The molecule has 2 nitrogen and oxygen atoms in total. The van der Waals surface area contributed by atoms with Crippen LogP contribution in [0.15, 0.2) is 134 Å². The van der Waals surface area contributed by atoms with E-state index < -0.39 is 14.9 Å². The predicted molar refractivity (Wildman–Crippen MR) is 189 cm³/mol. The summed E-state index contributed by atoms with van der Waals surface area (Å²) >= 11 is 0. The molecule has 0 amide bonds. The van der Waals surface area contributed by atoms with Crippen LogP contribution in [0.25, 0.3) is 33.6 Å². The van der Waals surface area contributed by atoms with Crippen LogP contribution in [0.1, 0.15) is 34.7 Å². The fourth-order valence-electron chi connectivity index (χ4n) is 4.95. The molecule has 4 heteroatoms. The van der Waals surface area contributed by atoms with Gasteiger partial charge in [-0.15, -0.1) is 70.8 Å². The number of rotatable bonds is 6. The average molecular weight is 784 g/mol. The van der Waals surface area contributed by atoms with Crippen molar-refractivity contribution in [3.63, 3.8) is 0 Å². The van der Waals surface area contributed by atoms with Gasteiger partial charge in [-0.1, -0.05) is 125 Å². The maximum absolute atomic E-state index is 7.42. The quantitative estimate of drug-likeness (QED) is 0.124. The number of hydrogen-bond acceptors (Lipinski definition) is 2. The van der Waals surface area contributed by atoms with Crippen LogP contribution < -0.4 is 5.19 Å². The van der Waals surface area contributed by atoms with Crippen LogP contribution in [-0.2, 0) is 25.5 Å². The molecule has 0 bridgehead atoms. The van der Waals surface area contributed by atoms with Crippen LogP contribution in [0.5, 0.6) is 0 Å². The molecule has 0 aliphatic heterocycles. The van der Waals surface area contributed by atoms with Crippen molar-refractivity contribution in [2.75, 3.05) is 0 Å². The molecular formula is C41H40IrN2Si-2. The first-order valence-corrected chi connectivity index (χ1v) is 18.4. The van der Waals surface area contributed by atoms with E-state index in [4.69, 9.17) is 4.11 Å². The van der Waals surface area contributed by atoms with Crippen molar-refractivity contribution < 1.29 is 24.2 Å². The molecule has 1 radical (unpaired) electrons. The van der Waals surface area contributed by atoms with Crippen LogP contribution in [0.4, 0.5) is 0 Å². The summed E-state index contributed by atoms with van der Waals surface area (Å²) in [5.41, 5.74) is 8.53. The van der Waals surface area contributed by atoms with Crippen LogP contribution >= 0.6 is 0 Å². The van der Waals surface area contributed by atoms with Crippen molar-refractivity contribution in [2.24, 2.45) is 0 Å². The number of pyridine rings is 2. The Bertz CT molecular complexity index is 1880. The average Bonchev–Trinajstić information content (AvgIpc) is 3.09. The second-order valence-corrected chi connectivity index (χ2v) is 17.5. The van der Waals surface area contributed by atoms with Gasteiger partial charge in [0.05, 0.1) is 8.07 Å². The fraction of sp³-hybridized carbons (Fsp3) is 0.171. The Morgan fingerprint density at radius 3 is 1.89 bits per heavy atom. The standard InChI is InChI=1S/C21H20N.C20H20NSi.Ir/c1-16-9-11-17(12-10-16)20-14-13-19(15-22-20)21(2,3)18-7-5-4-6-8-18;1-22(2,3)19-12-13-20(21-15-19)18-11-7-10-17(14-18)16-8-5-4-6-9-16;/h4-11,13-15H,1-3H3;4-10,12-15H,1-3H3;/q2*-1;/i1D3;;. The Labute approximate surface area is 288 Å². The van der Waals surface area contributed by atoms with E-state index in [-0.39, 0.29) is 31.1 Å². The maximum Gasteiger partial charge on any atom is 0.0795 e. The third-order valence-corrected chi connectivity index (χ3v) is 9.91. The fourth-order valence-corrected chi connectivity index (χ4v) is 5.99. The van der Waals surface area contributed by atoms with Crippen LogP contribution in [0.2, 0.25) is 19.6 Å². The third kappa shape index (κ3) is 8.61. The zero-order chi connectivity index (χ0) is 33.7. The summed E-state index contributed by atoms with van der Waals surface area (Å²) < 4.78 is 22.3. The van der Waals surface area contributed by atoms with Gasteiger partial charge in [0.2, 0.25) is 0 Å². The van der Waals surface area contributed by atoms with Crippen LogP contribution in [-0.4, -0.2) is 18.0 Å².